The topological polar surface area (TPSA) is 66.5 Å². The third kappa shape index (κ3) is 7.24. The van der Waals surface area contributed by atoms with Crippen LogP contribution in [-0.2, 0) is 14.8 Å². The maximum absolute atomic E-state index is 12.8. The summed E-state index contributed by atoms with van der Waals surface area (Å²) in [4.78, 5) is 12.7. The SMILES string of the molecule is O=C(NCCC1CCN(S(=O)(=O)c2ccc(Cl)cc2)C1)[C]1CCCCCCC1.[CH2].[CH2]. The second-order valence-electron chi connectivity index (χ2n) is 7.89. The molecule has 2 aliphatic rings. The third-order valence-corrected chi connectivity index (χ3v) is 7.95. The molecule has 1 aliphatic heterocycles. The second-order valence-corrected chi connectivity index (χ2v) is 10.3. The fraction of sp³-hybridized carbons (Fsp3) is 0.565. The third-order valence-electron chi connectivity index (χ3n) is 5.82. The molecule has 1 aromatic carbocycles. The largest absolute Gasteiger partial charge is 0.356 e. The van der Waals surface area contributed by atoms with Crippen molar-refractivity contribution in [3.63, 3.8) is 0 Å². The van der Waals surface area contributed by atoms with E-state index in [0.29, 0.717) is 24.7 Å². The molecule has 1 aliphatic carbocycles. The van der Waals surface area contributed by atoms with Crippen molar-refractivity contribution in [3.8, 4) is 0 Å². The first-order chi connectivity index (χ1) is 13.5. The first kappa shape index (κ1) is 26.9. The van der Waals surface area contributed by atoms with Crippen LogP contribution < -0.4 is 5.32 Å². The molecule has 2 fully saturated rings. The van der Waals surface area contributed by atoms with Crippen LogP contribution in [0.25, 0.3) is 0 Å². The average molecular weight is 454 g/mol. The van der Waals surface area contributed by atoms with Crippen LogP contribution in [0.4, 0.5) is 0 Å². The Morgan fingerprint density at radius 2 is 1.63 bits per heavy atom. The van der Waals surface area contributed by atoms with Gasteiger partial charge in [0.05, 0.1) is 10.8 Å². The highest BCUT2D eigenvalue weighted by molar-refractivity contribution is 7.89. The maximum Gasteiger partial charge on any atom is 0.243 e. The van der Waals surface area contributed by atoms with Gasteiger partial charge in [-0.3, -0.25) is 4.79 Å². The van der Waals surface area contributed by atoms with Gasteiger partial charge in [0.1, 0.15) is 0 Å². The Morgan fingerprint density at radius 1 is 1.03 bits per heavy atom. The molecular weight excluding hydrogens is 420 g/mol. The van der Waals surface area contributed by atoms with Gasteiger partial charge in [-0.25, -0.2) is 8.42 Å². The van der Waals surface area contributed by atoms with Crippen LogP contribution >= 0.6 is 11.6 Å². The maximum atomic E-state index is 12.8. The van der Waals surface area contributed by atoms with Gasteiger partial charge in [-0.2, -0.15) is 4.31 Å². The van der Waals surface area contributed by atoms with Crippen molar-refractivity contribution in [2.75, 3.05) is 19.6 Å². The molecule has 167 valence electrons. The van der Waals surface area contributed by atoms with E-state index in [4.69, 9.17) is 11.6 Å². The molecule has 1 saturated carbocycles. The van der Waals surface area contributed by atoms with Gasteiger partial charge in [0.25, 0.3) is 0 Å². The van der Waals surface area contributed by atoms with Gasteiger partial charge in [0.2, 0.25) is 15.9 Å². The predicted octanol–water partition coefficient (Wildman–Crippen LogP) is 4.83. The number of benzene rings is 1. The number of sulfonamides is 1. The summed E-state index contributed by atoms with van der Waals surface area (Å²) in [6.07, 6.45) is 9.43. The van der Waals surface area contributed by atoms with E-state index < -0.39 is 10.0 Å². The molecule has 1 amide bonds. The Kier molecular flexibility index (Phi) is 11.4. The van der Waals surface area contributed by atoms with Crippen LogP contribution in [0.15, 0.2) is 29.2 Å². The van der Waals surface area contributed by atoms with Crippen molar-refractivity contribution in [3.05, 3.63) is 50.1 Å². The summed E-state index contributed by atoms with van der Waals surface area (Å²) in [7, 11) is -3.47. The fourth-order valence-corrected chi connectivity index (χ4v) is 5.74. The predicted molar refractivity (Wildman–Crippen MR) is 122 cm³/mol. The smallest absolute Gasteiger partial charge is 0.243 e. The van der Waals surface area contributed by atoms with E-state index in [9.17, 15) is 13.2 Å². The highest BCUT2D eigenvalue weighted by Gasteiger charge is 2.32. The number of carbonyl (C=O) groups is 1. The molecule has 0 bridgehead atoms. The summed E-state index contributed by atoms with van der Waals surface area (Å²) < 4.78 is 27.0. The minimum Gasteiger partial charge on any atom is -0.356 e. The number of halogens is 1. The van der Waals surface area contributed by atoms with Crippen molar-refractivity contribution < 1.29 is 13.2 Å². The van der Waals surface area contributed by atoms with Crippen LogP contribution in [0.5, 0.6) is 0 Å². The lowest BCUT2D eigenvalue weighted by Gasteiger charge is -2.19. The summed E-state index contributed by atoms with van der Waals surface area (Å²) in [5, 5.41) is 3.58. The number of rotatable bonds is 6. The molecule has 5 radical (unpaired) electrons. The van der Waals surface area contributed by atoms with E-state index in [2.05, 4.69) is 5.32 Å². The number of hydrogen-bond acceptors (Lipinski definition) is 3. The second kappa shape index (κ2) is 12.7. The molecule has 3 rings (SSSR count). The summed E-state index contributed by atoms with van der Waals surface area (Å²) >= 11 is 5.86. The minimum absolute atomic E-state index is 0. The highest BCUT2D eigenvalue weighted by Crippen LogP contribution is 2.27. The zero-order valence-electron chi connectivity index (χ0n) is 17.7. The van der Waals surface area contributed by atoms with E-state index in [-0.39, 0.29) is 31.6 Å². The van der Waals surface area contributed by atoms with E-state index in [1.54, 1.807) is 28.6 Å². The lowest BCUT2D eigenvalue weighted by Crippen LogP contribution is -2.32. The van der Waals surface area contributed by atoms with Gasteiger partial charge in [0, 0.05) is 24.7 Å². The first-order valence-corrected chi connectivity index (χ1v) is 12.2. The minimum atomic E-state index is -3.47. The van der Waals surface area contributed by atoms with Crippen LogP contribution in [-0.4, -0.2) is 38.3 Å². The van der Waals surface area contributed by atoms with Crippen molar-refractivity contribution in [2.24, 2.45) is 5.92 Å². The van der Waals surface area contributed by atoms with E-state index in [1.165, 1.54) is 19.3 Å². The van der Waals surface area contributed by atoms with Crippen molar-refractivity contribution in [2.45, 2.75) is 62.7 Å². The Balaban J connectivity index is 0.00000225. The summed E-state index contributed by atoms with van der Waals surface area (Å²) in [6.45, 7) is 1.65. The Bertz CT molecular complexity index is 744. The highest BCUT2D eigenvalue weighted by atomic mass is 35.5. The lowest BCUT2D eigenvalue weighted by molar-refractivity contribution is -0.119. The summed E-state index contributed by atoms with van der Waals surface area (Å²) in [5.74, 6) is 1.42. The lowest BCUT2D eigenvalue weighted by atomic mass is 9.90. The van der Waals surface area contributed by atoms with E-state index in [0.717, 1.165) is 44.4 Å². The monoisotopic (exact) mass is 453 g/mol. The van der Waals surface area contributed by atoms with Gasteiger partial charge >= 0.3 is 0 Å². The quantitative estimate of drug-likeness (QED) is 0.670. The van der Waals surface area contributed by atoms with Gasteiger partial charge < -0.3 is 5.32 Å². The van der Waals surface area contributed by atoms with Gasteiger partial charge in [0.15, 0.2) is 0 Å². The van der Waals surface area contributed by atoms with Crippen LogP contribution in [0.1, 0.15) is 57.8 Å². The van der Waals surface area contributed by atoms with Crippen LogP contribution in [0.2, 0.25) is 5.02 Å². The Labute approximate surface area is 188 Å². The number of carbonyl (C=O) groups excluding carboxylic acids is 1. The van der Waals surface area contributed by atoms with Crippen molar-refractivity contribution in [1.29, 1.82) is 0 Å². The molecule has 1 atom stereocenters. The standard InChI is InChI=1S/C21H30ClN2O3S.2CH2/c22-19-8-10-20(11-9-19)28(26,27)24-15-13-17(16-24)12-14-23-21(25)18-6-4-2-1-3-5-7-18;;/h8-11,17H,1-7,12-16H2,(H,23,25);2*1H2. The number of nitrogens with zero attached hydrogens (tertiary/aromatic N) is 1. The molecule has 1 heterocycles. The van der Waals surface area contributed by atoms with Crippen LogP contribution in [0, 0.1) is 26.7 Å². The van der Waals surface area contributed by atoms with Crippen LogP contribution in [0.3, 0.4) is 0 Å². The molecule has 0 aromatic heterocycles. The first-order valence-electron chi connectivity index (χ1n) is 10.4. The molecule has 7 heteroatoms. The summed E-state index contributed by atoms with van der Waals surface area (Å²) in [6, 6.07) is 6.31. The number of nitrogens with one attached hydrogen (secondary N) is 1. The molecule has 1 unspecified atom stereocenters. The molecule has 1 saturated heterocycles. The zero-order chi connectivity index (χ0) is 20.0. The average Bonchev–Trinajstić information content (AvgIpc) is 3.11. The molecule has 5 nitrogen and oxygen atoms in total. The number of hydrogen-bond donors (Lipinski definition) is 1. The van der Waals surface area contributed by atoms with E-state index in [1.807, 2.05) is 0 Å². The molecule has 0 spiro atoms. The summed E-state index contributed by atoms with van der Waals surface area (Å²) in [5.41, 5.74) is 0. The van der Waals surface area contributed by atoms with Crippen molar-refractivity contribution in [1.82, 2.24) is 9.62 Å². The van der Waals surface area contributed by atoms with Gasteiger partial charge in [-0.05, 0) is 55.9 Å². The fourth-order valence-electron chi connectivity index (χ4n) is 4.08. The molecule has 1 N–H and O–H groups in total. The van der Waals surface area contributed by atoms with E-state index >= 15 is 0 Å². The van der Waals surface area contributed by atoms with Crippen molar-refractivity contribution >= 4 is 27.5 Å². The zero-order valence-corrected chi connectivity index (χ0v) is 19.3. The normalized spacial score (nSPS) is 21.0. The number of amides is 1. The molecular formula is C23H34ClN2O3S. The molecule has 1 aromatic rings. The Hall–Kier alpha value is -1.11. The van der Waals surface area contributed by atoms with Gasteiger partial charge in [-0.1, -0.05) is 58.6 Å². The van der Waals surface area contributed by atoms with Gasteiger partial charge in [-0.15, -0.1) is 0 Å². The Morgan fingerprint density at radius 3 is 2.27 bits per heavy atom. The molecule has 30 heavy (non-hydrogen) atoms.